The first kappa shape index (κ1) is 16.0. The number of fused-ring (bicyclic) bond motifs is 1. The van der Waals surface area contributed by atoms with Crippen molar-refractivity contribution in [3.8, 4) is 17.1 Å². The Hall–Kier alpha value is -3.48. The lowest BCUT2D eigenvalue weighted by atomic mass is 10.2. The highest BCUT2D eigenvalue weighted by Crippen LogP contribution is 2.22. The molecule has 2 heterocycles. The molecule has 2 aromatic carbocycles. The molecule has 0 radical (unpaired) electrons. The zero-order valence-electron chi connectivity index (χ0n) is 14.1. The van der Waals surface area contributed by atoms with Gasteiger partial charge in [0, 0.05) is 24.5 Å². The van der Waals surface area contributed by atoms with Gasteiger partial charge in [0.2, 0.25) is 5.65 Å². The van der Waals surface area contributed by atoms with Crippen LogP contribution in [0.3, 0.4) is 0 Å². The average molecular weight is 349 g/mol. The van der Waals surface area contributed by atoms with Gasteiger partial charge < -0.3 is 10.1 Å². The van der Waals surface area contributed by atoms with E-state index in [1.807, 2.05) is 24.3 Å². The Labute approximate surface area is 149 Å². The van der Waals surface area contributed by atoms with Gasteiger partial charge in [-0.1, -0.05) is 24.3 Å². The summed E-state index contributed by atoms with van der Waals surface area (Å²) in [6.07, 6.45) is 3.42. The molecule has 0 amide bonds. The number of methoxy groups -OCH3 is 1. The first-order valence-electron chi connectivity index (χ1n) is 8.07. The molecule has 0 saturated heterocycles. The normalized spacial score (nSPS) is 10.8. The maximum Gasteiger partial charge on any atom is 0.203 e. The Morgan fingerprint density at radius 2 is 1.96 bits per heavy atom. The van der Waals surface area contributed by atoms with Crippen LogP contribution in [0.5, 0.6) is 5.75 Å². The fraction of sp³-hybridized carbons (Fsp3) is 0.105. The van der Waals surface area contributed by atoms with Crippen molar-refractivity contribution in [2.45, 2.75) is 6.54 Å². The Morgan fingerprint density at radius 3 is 2.73 bits per heavy atom. The SMILES string of the molecule is COc1ccc(CNc2nccn3c(-c4cccc(F)c4)nnc23)cc1. The predicted octanol–water partition coefficient (Wildman–Crippen LogP) is 3.55. The van der Waals surface area contributed by atoms with E-state index in [2.05, 4.69) is 20.5 Å². The smallest absolute Gasteiger partial charge is 0.203 e. The molecular formula is C19H16FN5O. The van der Waals surface area contributed by atoms with Crippen molar-refractivity contribution in [3.05, 3.63) is 72.3 Å². The van der Waals surface area contributed by atoms with E-state index in [4.69, 9.17) is 4.74 Å². The van der Waals surface area contributed by atoms with Crippen molar-refractivity contribution in [1.29, 1.82) is 0 Å². The molecule has 6 nitrogen and oxygen atoms in total. The first-order valence-corrected chi connectivity index (χ1v) is 8.07. The van der Waals surface area contributed by atoms with Crippen LogP contribution in [0.4, 0.5) is 10.2 Å². The van der Waals surface area contributed by atoms with E-state index in [1.54, 1.807) is 36.0 Å². The number of hydrogen-bond acceptors (Lipinski definition) is 5. The summed E-state index contributed by atoms with van der Waals surface area (Å²) in [5.74, 6) is 1.67. The molecule has 0 bridgehead atoms. The molecule has 4 aromatic rings. The summed E-state index contributed by atoms with van der Waals surface area (Å²) < 4.78 is 20.5. The molecule has 0 aliphatic carbocycles. The van der Waals surface area contributed by atoms with E-state index in [0.717, 1.165) is 11.3 Å². The maximum absolute atomic E-state index is 13.5. The number of benzene rings is 2. The minimum Gasteiger partial charge on any atom is -0.497 e. The lowest BCUT2D eigenvalue weighted by Gasteiger charge is -2.08. The molecule has 130 valence electrons. The van der Waals surface area contributed by atoms with Crippen LogP contribution in [-0.2, 0) is 6.54 Å². The van der Waals surface area contributed by atoms with Gasteiger partial charge in [-0.15, -0.1) is 10.2 Å². The minimum absolute atomic E-state index is 0.314. The fourth-order valence-corrected chi connectivity index (χ4v) is 2.70. The van der Waals surface area contributed by atoms with Crippen LogP contribution < -0.4 is 10.1 Å². The summed E-state index contributed by atoms with van der Waals surface area (Å²) >= 11 is 0. The molecular weight excluding hydrogens is 333 g/mol. The molecule has 0 unspecified atom stereocenters. The number of nitrogens with one attached hydrogen (secondary N) is 1. The molecule has 0 fully saturated rings. The van der Waals surface area contributed by atoms with E-state index in [1.165, 1.54) is 12.1 Å². The van der Waals surface area contributed by atoms with Gasteiger partial charge in [-0.3, -0.25) is 4.40 Å². The fourth-order valence-electron chi connectivity index (χ4n) is 2.70. The van der Waals surface area contributed by atoms with Crippen LogP contribution in [-0.4, -0.2) is 26.7 Å². The maximum atomic E-state index is 13.5. The van der Waals surface area contributed by atoms with Gasteiger partial charge in [-0.2, -0.15) is 0 Å². The van der Waals surface area contributed by atoms with E-state index >= 15 is 0 Å². The lowest BCUT2D eigenvalue weighted by molar-refractivity contribution is 0.414. The van der Waals surface area contributed by atoms with E-state index < -0.39 is 0 Å². The standard InChI is InChI=1S/C19H16FN5O/c1-26-16-7-5-13(6-8-16)12-22-17-19-24-23-18(25(19)10-9-21-17)14-3-2-4-15(20)11-14/h2-11H,12H2,1H3,(H,21,22). The second kappa shape index (κ2) is 6.79. The molecule has 26 heavy (non-hydrogen) atoms. The quantitative estimate of drug-likeness (QED) is 0.597. The van der Waals surface area contributed by atoms with Crippen LogP contribution in [0, 0.1) is 5.82 Å². The molecule has 0 spiro atoms. The Bertz CT molecular complexity index is 1050. The monoisotopic (exact) mass is 349 g/mol. The van der Waals surface area contributed by atoms with Gasteiger partial charge in [0.15, 0.2) is 11.6 Å². The predicted molar refractivity (Wildman–Crippen MR) is 96.5 cm³/mol. The number of aromatic nitrogens is 4. The van der Waals surface area contributed by atoms with Crippen molar-refractivity contribution >= 4 is 11.5 Å². The first-order chi connectivity index (χ1) is 12.7. The summed E-state index contributed by atoms with van der Waals surface area (Å²) in [5.41, 5.74) is 2.32. The zero-order chi connectivity index (χ0) is 17.9. The third kappa shape index (κ3) is 3.06. The lowest BCUT2D eigenvalue weighted by Crippen LogP contribution is -2.04. The molecule has 2 aromatic heterocycles. The number of halogens is 1. The zero-order valence-corrected chi connectivity index (χ0v) is 14.1. The second-order valence-electron chi connectivity index (χ2n) is 5.71. The average Bonchev–Trinajstić information content (AvgIpc) is 3.11. The molecule has 0 aliphatic rings. The number of hydrogen-bond donors (Lipinski definition) is 1. The Balaban J connectivity index is 1.62. The molecule has 4 rings (SSSR count). The number of nitrogens with zero attached hydrogens (tertiary/aromatic N) is 4. The summed E-state index contributed by atoms with van der Waals surface area (Å²) in [5, 5.41) is 11.7. The van der Waals surface area contributed by atoms with Gasteiger partial charge in [0.1, 0.15) is 11.6 Å². The van der Waals surface area contributed by atoms with Crippen LogP contribution in [0.1, 0.15) is 5.56 Å². The Morgan fingerprint density at radius 1 is 1.12 bits per heavy atom. The molecule has 7 heteroatoms. The van der Waals surface area contributed by atoms with Crippen molar-refractivity contribution < 1.29 is 9.13 Å². The summed E-state index contributed by atoms with van der Waals surface area (Å²) in [6.45, 7) is 0.582. The van der Waals surface area contributed by atoms with E-state index in [0.29, 0.717) is 29.4 Å². The number of rotatable bonds is 5. The van der Waals surface area contributed by atoms with E-state index in [-0.39, 0.29) is 5.82 Å². The molecule has 0 saturated carbocycles. The van der Waals surface area contributed by atoms with Crippen molar-refractivity contribution in [2.24, 2.45) is 0 Å². The van der Waals surface area contributed by atoms with Crippen molar-refractivity contribution in [2.75, 3.05) is 12.4 Å². The highest BCUT2D eigenvalue weighted by Gasteiger charge is 2.12. The largest absolute Gasteiger partial charge is 0.497 e. The van der Waals surface area contributed by atoms with Gasteiger partial charge in [0.05, 0.1) is 7.11 Å². The Kier molecular flexibility index (Phi) is 4.18. The molecule has 1 N–H and O–H groups in total. The van der Waals surface area contributed by atoms with Crippen molar-refractivity contribution in [1.82, 2.24) is 19.6 Å². The van der Waals surface area contributed by atoms with Gasteiger partial charge in [0.25, 0.3) is 0 Å². The van der Waals surface area contributed by atoms with Gasteiger partial charge in [-0.25, -0.2) is 9.37 Å². The summed E-state index contributed by atoms with van der Waals surface area (Å²) in [6, 6.07) is 14.0. The topological polar surface area (TPSA) is 64.3 Å². The van der Waals surface area contributed by atoms with Crippen molar-refractivity contribution in [3.63, 3.8) is 0 Å². The van der Waals surface area contributed by atoms with E-state index in [9.17, 15) is 4.39 Å². The summed E-state index contributed by atoms with van der Waals surface area (Å²) in [4.78, 5) is 4.35. The van der Waals surface area contributed by atoms with Crippen LogP contribution in [0.15, 0.2) is 60.9 Å². The molecule has 0 atom stereocenters. The number of anilines is 1. The third-order valence-electron chi connectivity index (χ3n) is 4.03. The van der Waals surface area contributed by atoms with Gasteiger partial charge >= 0.3 is 0 Å². The van der Waals surface area contributed by atoms with Crippen LogP contribution in [0.25, 0.3) is 17.0 Å². The molecule has 0 aliphatic heterocycles. The summed E-state index contributed by atoms with van der Waals surface area (Å²) in [7, 11) is 1.64. The third-order valence-corrected chi connectivity index (χ3v) is 4.03. The van der Waals surface area contributed by atoms with Crippen LogP contribution >= 0.6 is 0 Å². The highest BCUT2D eigenvalue weighted by molar-refractivity contribution is 5.67. The van der Waals surface area contributed by atoms with Crippen LogP contribution in [0.2, 0.25) is 0 Å². The highest BCUT2D eigenvalue weighted by atomic mass is 19.1. The number of ether oxygens (including phenoxy) is 1. The second-order valence-corrected chi connectivity index (χ2v) is 5.71. The minimum atomic E-state index is -0.314. The van der Waals surface area contributed by atoms with Gasteiger partial charge in [-0.05, 0) is 29.8 Å².